The summed E-state index contributed by atoms with van der Waals surface area (Å²) in [7, 11) is 0. The Morgan fingerprint density at radius 3 is 3.00 bits per heavy atom. The largest absolute Gasteiger partial charge is 0.469 e. The summed E-state index contributed by atoms with van der Waals surface area (Å²) in [4.78, 5) is 12.0. The Morgan fingerprint density at radius 1 is 1.33 bits per heavy atom. The second-order valence-electron chi connectivity index (χ2n) is 5.82. The molecule has 126 valence electrons. The first kappa shape index (κ1) is 16.2. The number of nitrogens with zero attached hydrogens (tertiary/aromatic N) is 4. The van der Waals surface area contributed by atoms with Crippen molar-refractivity contribution in [1.82, 2.24) is 25.1 Å². The average molecular weight is 327 g/mol. The van der Waals surface area contributed by atoms with Gasteiger partial charge in [0.25, 0.3) is 0 Å². The van der Waals surface area contributed by atoms with Gasteiger partial charge < -0.3 is 9.73 Å². The molecule has 0 fully saturated rings. The summed E-state index contributed by atoms with van der Waals surface area (Å²) in [6, 6.07) is 3.82. The van der Waals surface area contributed by atoms with Crippen molar-refractivity contribution in [2.75, 3.05) is 6.54 Å². The summed E-state index contributed by atoms with van der Waals surface area (Å²) in [6.45, 7) is 4.59. The Balaban J connectivity index is 1.49. The van der Waals surface area contributed by atoms with Gasteiger partial charge in [0.05, 0.1) is 12.0 Å². The van der Waals surface area contributed by atoms with Gasteiger partial charge in [-0.2, -0.15) is 5.10 Å². The summed E-state index contributed by atoms with van der Waals surface area (Å²) < 4.78 is 6.94. The highest BCUT2D eigenvalue weighted by Crippen LogP contribution is 2.17. The fraction of sp³-hybridized carbons (Fsp3) is 0.412. The zero-order valence-corrected chi connectivity index (χ0v) is 14.0. The van der Waals surface area contributed by atoms with E-state index in [0.717, 1.165) is 41.1 Å². The number of hydrogen-bond acceptors (Lipinski definition) is 5. The van der Waals surface area contributed by atoms with Crippen LogP contribution in [-0.4, -0.2) is 32.3 Å². The number of fused-ring (bicyclic) bond motifs is 1. The number of carbonyl (C=O) groups excluding carboxylic acids is 1. The van der Waals surface area contributed by atoms with Gasteiger partial charge in [0, 0.05) is 24.9 Å². The number of hydrogen-bond donors (Lipinski definition) is 1. The minimum absolute atomic E-state index is 0.0505. The number of aryl methyl sites for hydroxylation is 3. The molecule has 1 N–H and O–H groups in total. The molecule has 0 aliphatic carbocycles. The molecule has 7 nitrogen and oxygen atoms in total. The van der Waals surface area contributed by atoms with Crippen LogP contribution in [0.25, 0.3) is 5.65 Å². The van der Waals surface area contributed by atoms with Crippen LogP contribution in [0.4, 0.5) is 0 Å². The lowest BCUT2D eigenvalue weighted by Gasteiger charge is -2.10. The van der Waals surface area contributed by atoms with E-state index in [-0.39, 0.29) is 5.91 Å². The second kappa shape index (κ2) is 7.25. The lowest BCUT2D eigenvalue weighted by molar-refractivity contribution is -0.121. The van der Waals surface area contributed by atoms with Gasteiger partial charge in [-0.1, -0.05) is 0 Å². The highest BCUT2D eigenvalue weighted by molar-refractivity contribution is 5.76. The molecule has 3 aromatic heterocycles. The molecule has 7 heteroatoms. The van der Waals surface area contributed by atoms with Crippen LogP contribution in [0.15, 0.2) is 29.1 Å². The van der Waals surface area contributed by atoms with E-state index in [2.05, 4.69) is 20.6 Å². The number of nitrogens with one attached hydrogen (secondary N) is 1. The van der Waals surface area contributed by atoms with Crippen LogP contribution in [0.5, 0.6) is 0 Å². The second-order valence-corrected chi connectivity index (χ2v) is 5.82. The van der Waals surface area contributed by atoms with E-state index in [1.807, 2.05) is 26.0 Å². The summed E-state index contributed by atoms with van der Waals surface area (Å²) in [5.74, 6) is 0.998. The van der Waals surface area contributed by atoms with Crippen LogP contribution >= 0.6 is 0 Å². The number of carbonyl (C=O) groups is 1. The van der Waals surface area contributed by atoms with Gasteiger partial charge in [-0.25, -0.2) is 4.52 Å². The van der Waals surface area contributed by atoms with Crippen LogP contribution in [0.1, 0.15) is 35.4 Å². The van der Waals surface area contributed by atoms with Crippen LogP contribution in [0, 0.1) is 13.8 Å². The van der Waals surface area contributed by atoms with Crippen LogP contribution in [-0.2, 0) is 17.6 Å². The molecule has 0 saturated heterocycles. The number of furan rings is 1. The van der Waals surface area contributed by atoms with Gasteiger partial charge in [0.15, 0.2) is 5.65 Å². The first-order valence-corrected chi connectivity index (χ1v) is 8.10. The van der Waals surface area contributed by atoms with Crippen molar-refractivity contribution < 1.29 is 9.21 Å². The molecule has 3 aromatic rings. The maximum absolute atomic E-state index is 12.0. The first-order chi connectivity index (χ1) is 11.6. The van der Waals surface area contributed by atoms with Crippen molar-refractivity contribution in [3.8, 4) is 0 Å². The lowest BCUT2D eigenvalue weighted by Crippen LogP contribution is -2.25. The minimum atomic E-state index is 0.0505. The Kier molecular flexibility index (Phi) is 4.88. The van der Waals surface area contributed by atoms with E-state index in [1.54, 1.807) is 17.1 Å². The molecule has 0 aliphatic heterocycles. The molecular formula is C17H21N5O2. The highest BCUT2D eigenvalue weighted by atomic mass is 16.3. The van der Waals surface area contributed by atoms with Crippen molar-refractivity contribution in [1.29, 1.82) is 0 Å². The highest BCUT2D eigenvalue weighted by Gasteiger charge is 2.12. The molecule has 0 unspecified atom stereocenters. The van der Waals surface area contributed by atoms with E-state index >= 15 is 0 Å². The standard InChI is InChI=1S/C17H21N5O2/c1-12-15(13(2)21-22-11-19-20-17(12)22)7-8-16(23)18-9-3-5-14-6-4-10-24-14/h4,6,10-11H,3,5,7-9H2,1-2H3,(H,18,23). The van der Waals surface area contributed by atoms with Crippen molar-refractivity contribution in [2.24, 2.45) is 0 Å². The molecule has 0 aromatic carbocycles. The van der Waals surface area contributed by atoms with Crippen molar-refractivity contribution in [3.05, 3.63) is 47.3 Å². The van der Waals surface area contributed by atoms with Gasteiger partial charge in [0.2, 0.25) is 5.91 Å². The molecule has 0 spiro atoms. The van der Waals surface area contributed by atoms with Gasteiger partial charge in [-0.05, 0) is 44.4 Å². The Bertz CT molecular complexity index is 823. The molecule has 24 heavy (non-hydrogen) atoms. The molecule has 1 amide bonds. The third kappa shape index (κ3) is 3.61. The predicted molar refractivity (Wildman–Crippen MR) is 88.6 cm³/mol. The Labute approximate surface area is 140 Å². The molecule has 3 rings (SSSR count). The zero-order chi connectivity index (χ0) is 16.9. The third-order valence-corrected chi connectivity index (χ3v) is 4.12. The number of aromatic nitrogens is 4. The van der Waals surface area contributed by atoms with E-state index in [1.165, 1.54) is 0 Å². The van der Waals surface area contributed by atoms with Gasteiger partial charge in [-0.15, -0.1) is 10.2 Å². The van der Waals surface area contributed by atoms with Gasteiger partial charge >= 0.3 is 0 Å². The average Bonchev–Trinajstić information content (AvgIpc) is 3.22. The normalized spacial score (nSPS) is 11.1. The van der Waals surface area contributed by atoms with E-state index in [0.29, 0.717) is 19.4 Å². The topological polar surface area (TPSA) is 85.3 Å². The Morgan fingerprint density at radius 2 is 2.21 bits per heavy atom. The SMILES string of the molecule is Cc1nn2cnnc2c(C)c1CCC(=O)NCCCc1ccco1. The van der Waals surface area contributed by atoms with Gasteiger partial charge in [0.1, 0.15) is 12.1 Å². The number of rotatable bonds is 7. The van der Waals surface area contributed by atoms with Crippen LogP contribution in [0.2, 0.25) is 0 Å². The Hall–Kier alpha value is -2.70. The smallest absolute Gasteiger partial charge is 0.220 e. The maximum Gasteiger partial charge on any atom is 0.220 e. The van der Waals surface area contributed by atoms with Crippen molar-refractivity contribution >= 4 is 11.6 Å². The summed E-state index contributed by atoms with van der Waals surface area (Å²) in [5, 5.41) is 15.3. The van der Waals surface area contributed by atoms with Crippen molar-refractivity contribution in [2.45, 2.75) is 39.5 Å². The van der Waals surface area contributed by atoms with E-state index in [9.17, 15) is 4.79 Å². The fourth-order valence-corrected chi connectivity index (χ4v) is 2.82. The van der Waals surface area contributed by atoms with E-state index in [4.69, 9.17) is 4.42 Å². The minimum Gasteiger partial charge on any atom is -0.469 e. The van der Waals surface area contributed by atoms with Crippen molar-refractivity contribution in [3.63, 3.8) is 0 Å². The summed E-state index contributed by atoms with van der Waals surface area (Å²) >= 11 is 0. The first-order valence-electron chi connectivity index (χ1n) is 8.10. The summed E-state index contributed by atoms with van der Waals surface area (Å²) in [5.41, 5.74) is 3.76. The molecular weight excluding hydrogens is 306 g/mol. The van der Waals surface area contributed by atoms with Gasteiger partial charge in [-0.3, -0.25) is 4.79 Å². The zero-order valence-electron chi connectivity index (χ0n) is 14.0. The fourth-order valence-electron chi connectivity index (χ4n) is 2.82. The van der Waals surface area contributed by atoms with E-state index < -0.39 is 0 Å². The third-order valence-electron chi connectivity index (χ3n) is 4.12. The molecule has 0 aliphatic rings. The quantitative estimate of drug-likeness (QED) is 0.671. The molecule has 0 atom stereocenters. The maximum atomic E-state index is 12.0. The molecule has 3 heterocycles. The molecule has 0 saturated carbocycles. The predicted octanol–water partition coefficient (Wildman–Crippen LogP) is 2.02. The van der Waals surface area contributed by atoms with Crippen LogP contribution in [0.3, 0.4) is 0 Å². The molecule has 0 bridgehead atoms. The number of amides is 1. The summed E-state index contributed by atoms with van der Waals surface area (Å²) in [6.07, 6.45) is 6.04. The van der Waals surface area contributed by atoms with Crippen LogP contribution < -0.4 is 5.32 Å². The lowest BCUT2D eigenvalue weighted by atomic mass is 10.0. The molecule has 0 radical (unpaired) electrons. The monoisotopic (exact) mass is 327 g/mol.